The summed E-state index contributed by atoms with van der Waals surface area (Å²) in [5, 5.41) is 9.42. The molecule has 1 aliphatic heterocycles. The van der Waals surface area contributed by atoms with Crippen molar-refractivity contribution in [3.63, 3.8) is 0 Å². The Kier molecular flexibility index (Phi) is 6.29. The number of aromatic nitrogens is 4. The van der Waals surface area contributed by atoms with E-state index in [0.29, 0.717) is 49.2 Å². The number of morpholine rings is 1. The van der Waals surface area contributed by atoms with Gasteiger partial charge in [0.05, 0.1) is 19.4 Å². The number of nitrogens with zero attached hydrogens (tertiary/aromatic N) is 5. The molecule has 3 N–H and O–H groups in total. The summed E-state index contributed by atoms with van der Waals surface area (Å²) >= 11 is 6.29. The topological polar surface area (TPSA) is 103 Å². The van der Waals surface area contributed by atoms with Gasteiger partial charge in [-0.2, -0.15) is 20.1 Å². The Hall–Kier alpha value is -3.69. The van der Waals surface area contributed by atoms with Crippen LogP contribution in [0.5, 0.6) is 0 Å². The fraction of sp³-hybridized carbons (Fsp3) is 0.250. The molecule has 0 spiro atoms. The van der Waals surface area contributed by atoms with Crippen molar-refractivity contribution in [2.45, 2.75) is 13.8 Å². The van der Waals surface area contributed by atoms with Gasteiger partial charge < -0.3 is 19.9 Å². The van der Waals surface area contributed by atoms with Gasteiger partial charge in [-0.05, 0) is 37.6 Å². The molecule has 174 valence electrons. The zero-order valence-corrected chi connectivity index (χ0v) is 19.7. The summed E-state index contributed by atoms with van der Waals surface area (Å²) in [5.74, 6) is 1.29. The van der Waals surface area contributed by atoms with E-state index >= 15 is 0 Å². The van der Waals surface area contributed by atoms with Crippen molar-refractivity contribution >= 4 is 52.3 Å². The number of H-pyrrole nitrogens is 1. The Bertz CT molecular complexity index is 1350. The quantitative estimate of drug-likeness (QED) is 0.275. The molecule has 0 radical (unpaired) electrons. The van der Waals surface area contributed by atoms with Gasteiger partial charge in [0.2, 0.25) is 17.8 Å². The molecule has 4 aromatic rings. The van der Waals surface area contributed by atoms with Crippen LogP contribution >= 0.6 is 11.6 Å². The minimum Gasteiger partial charge on any atom is -0.378 e. The smallest absolute Gasteiger partial charge is 0.250 e. The number of halogens is 1. The molecule has 1 saturated heterocycles. The van der Waals surface area contributed by atoms with Crippen molar-refractivity contribution in [2.75, 3.05) is 41.9 Å². The minimum atomic E-state index is 0.339. The normalized spacial score (nSPS) is 14.1. The number of fused-ring (bicyclic) bond motifs is 1. The average Bonchev–Trinajstić information content (AvgIpc) is 3.17. The van der Waals surface area contributed by atoms with E-state index < -0.39 is 0 Å². The zero-order chi connectivity index (χ0) is 23.5. The molecular weight excluding hydrogens is 452 g/mol. The highest BCUT2D eigenvalue weighted by Crippen LogP contribution is 2.24. The third kappa shape index (κ3) is 4.80. The van der Waals surface area contributed by atoms with E-state index in [-0.39, 0.29) is 0 Å². The van der Waals surface area contributed by atoms with Gasteiger partial charge in [0.25, 0.3) is 0 Å². The van der Waals surface area contributed by atoms with E-state index in [1.807, 2.05) is 50.2 Å². The number of hydrogen-bond acceptors (Lipinski definition) is 8. The summed E-state index contributed by atoms with van der Waals surface area (Å²) < 4.78 is 5.47. The summed E-state index contributed by atoms with van der Waals surface area (Å²) in [5.41, 5.74) is 7.88. The van der Waals surface area contributed by atoms with Crippen molar-refractivity contribution in [1.82, 2.24) is 19.9 Å². The van der Waals surface area contributed by atoms with Crippen molar-refractivity contribution < 1.29 is 4.74 Å². The zero-order valence-electron chi connectivity index (χ0n) is 19.0. The lowest BCUT2D eigenvalue weighted by Crippen LogP contribution is -2.37. The van der Waals surface area contributed by atoms with Crippen LogP contribution < -0.4 is 15.6 Å². The van der Waals surface area contributed by atoms with Crippen molar-refractivity contribution in [2.24, 2.45) is 5.10 Å². The fourth-order valence-electron chi connectivity index (χ4n) is 3.79. The van der Waals surface area contributed by atoms with Crippen LogP contribution in [0.4, 0.5) is 23.5 Å². The summed E-state index contributed by atoms with van der Waals surface area (Å²) in [7, 11) is 0. The number of hydrogen-bond donors (Lipinski definition) is 3. The summed E-state index contributed by atoms with van der Waals surface area (Å²) in [6.45, 7) is 6.65. The summed E-state index contributed by atoms with van der Waals surface area (Å²) in [6.07, 6.45) is 1.78. The Morgan fingerprint density at radius 3 is 2.68 bits per heavy atom. The first-order valence-corrected chi connectivity index (χ1v) is 11.4. The molecule has 0 bridgehead atoms. The maximum Gasteiger partial charge on any atom is 0.250 e. The first-order valence-electron chi connectivity index (χ1n) is 11.0. The third-order valence-corrected chi connectivity index (χ3v) is 6.05. The summed E-state index contributed by atoms with van der Waals surface area (Å²) in [6, 6.07) is 13.9. The standard InChI is InChI=1S/C24H25ClN8O/c1-15-7-8-17(13-20(15)25)28-22-29-23(31-24(30-22)33-9-11-34-12-10-33)32-26-14-19-16(2)27-21-6-4-3-5-18(19)21/h3-8,13-14,27H,9-12H2,1-2H3,(H2,28,29,30,31,32). The van der Waals surface area contributed by atoms with Gasteiger partial charge in [-0.1, -0.05) is 35.9 Å². The number of aromatic amines is 1. The number of nitrogens with one attached hydrogen (secondary N) is 3. The van der Waals surface area contributed by atoms with Crippen molar-refractivity contribution in [3.8, 4) is 0 Å². The van der Waals surface area contributed by atoms with Crippen LogP contribution in [0.3, 0.4) is 0 Å². The van der Waals surface area contributed by atoms with Crippen molar-refractivity contribution in [3.05, 3.63) is 64.3 Å². The van der Waals surface area contributed by atoms with E-state index in [2.05, 4.69) is 46.7 Å². The third-order valence-electron chi connectivity index (χ3n) is 5.65. The van der Waals surface area contributed by atoms with E-state index in [0.717, 1.165) is 33.4 Å². The van der Waals surface area contributed by atoms with Crippen LogP contribution in [0.25, 0.3) is 10.9 Å². The predicted octanol–water partition coefficient (Wildman–Crippen LogP) is 4.65. The van der Waals surface area contributed by atoms with E-state index in [9.17, 15) is 0 Å². The number of hydrazone groups is 1. The van der Waals surface area contributed by atoms with Gasteiger partial charge in [-0.15, -0.1) is 0 Å². The average molecular weight is 477 g/mol. The van der Waals surface area contributed by atoms with Gasteiger partial charge >= 0.3 is 0 Å². The van der Waals surface area contributed by atoms with Gasteiger partial charge in [-0.25, -0.2) is 5.43 Å². The lowest BCUT2D eigenvalue weighted by atomic mass is 10.1. The van der Waals surface area contributed by atoms with Crippen LogP contribution in [0.1, 0.15) is 16.8 Å². The molecule has 2 aromatic carbocycles. The minimum absolute atomic E-state index is 0.339. The number of para-hydroxylation sites is 1. The highest BCUT2D eigenvalue weighted by atomic mass is 35.5. The highest BCUT2D eigenvalue weighted by Gasteiger charge is 2.17. The van der Waals surface area contributed by atoms with Crippen LogP contribution in [-0.2, 0) is 4.74 Å². The Morgan fingerprint density at radius 2 is 1.85 bits per heavy atom. The van der Waals surface area contributed by atoms with Gasteiger partial charge in [-0.3, -0.25) is 0 Å². The van der Waals surface area contributed by atoms with Gasteiger partial charge in [0, 0.05) is 46.0 Å². The largest absolute Gasteiger partial charge is 0.378 e. The molecule has 0 aliphatic carbocycles. The number of anilines is 4. The summed E-state index contributed by atoms with van der Waals surface area (Å²) in [4.78, 5) is 19.1. The Balaban J connectivity index is 1.42. The maximum absolute atomic E-state index is 6.29. The fourth-order valence-corrected chi connectivity index (χ4v) is 3.97. The molecule has 5 rings (SSSR count). The van der Waals surface area contributed by atoms with Crippen LogP contribution in [0.2, 0.25) is 5.02 Å². The molecule has 1 fully saturated rings. The molecule has 34 heavy (non-hydrogen) atoms. The van der Waals surface area contributed by atoms with Crippen LogP contribution in [0, 0.1) is 13.8 Å². The van der Waals surface area contributed by atoms with Crippen molar-refractivity contribution in [1.29, 1.82) is 0 Å². The predicted molar refractivity (Wildman–Crippen MR) is 137 cm³/mol. The highest BCUT2D eigenvalue weighted by molar-refractivity contribution is 6.31. The van der Waals surface area contributed by atoms with Gasteiger partial charge in [0.1, 0.15) is 0 Å². The molecule has 0 saturated carbocycles. The lowest BCUT2D eigenvalue weighted by Gasteiger charge is -2.27. The number of benzene rings is 2. The van der Waals surface area contributed by atoms with E-state index in [1.165, 1.54) is 0 Å². The van der Waals surface area contributed by atoms with E-state index in [1.54, 1.807) is 6.21 Å². The monoisotopic (exact) mass is 476 g/mol. The first kappa shape index (κ1) is 22.1. The molecule has 1 aliphatic rings. The maximum atomic E-state index is 6.29. The Labute approximate surface area is 202 Å². The Morgan fingerprint density at radius 1 is 1.06 bits per heavy atom. The molecule has 0 unspecified atom stereocenters. The molecule has 10 heteroatoms. The number of rotatable bonds is 6. The van der Waals surface area contributed by atoms with Crippen LogP contribution in [0.15, 0.2) is 47.6 Å². The number of ether oxygens (including phenoxy) is 1. The second kappa shape index (κ2) is 9.66. The molecule has 0 atom stereocenters. The van der Waals surface area contributed by atoms with E-state index in [4.69, 9.17) is 16.3 Å². The first-order chi connectivity index (χ1) is 16.6. The molecule has 0 amide bonds. The lowest BCUT2D eigenvalue weighted by molar-refractivity contribution is 0.122. The van der Waals surface area contributed by atoms with Crippen LogP contribution in [-0.4, -0.2) is 52.5 Å². The molecule has 2 aromatic heterocycles. The second-order valence-electron chi connectivity index (χ2n) is 8.05. The molecule has 9 nitrogen and oxygen atoms in total. The number of aryl methyl sites for hydroxylation is 2. The SMILES string of the molecule is Cc1ccc(Nc2nc(NN=Cc3c(C)[nH]c4ccccc34)nc(N3CCOCC3)n2)cc1Cl. The molecule has 3 heterocycles. The second-order valence-corrected chi connectivity index (χ2v) is 8.46. The molecular formula is C24H25ClN8O. The van der Waals surface area contributed by atoms with Gasteiger partial charge in [0.15, 0.2) is 0 Å².